The first kappa shape index (κ1) is 16.6. The Balaban J connectivity index is 2.44. The van der Waals surface area contributed by atoms with Crippen LogP contribution in [0.3, 0.4) is 0 Å². The number of ether oxygens (including phenoxy) is 2. The highest BCUT2D eigenvalue weighted by molar-refractivity contribution is 5.69. The largest absolute Gasteiger partial charge is 0.497 e. The van der Waals surface area contributed by atoms with Gasteiger partial charge in [-0.15, -0.1) is 0 Å². The fraction of sp³-hybridized carbons (Fsp3) is 0.526. The van der Waals surface area contributed by atoms with Crippen LogP contribution in [0.15, 0.2) is 30.4 Å². The second kappa shape index (κ2) is 6.55. The summed E-state index contributed by atoms with van der Waals surface area (Å²) in [6.07, 6.45) is 3.31. The first-order valence-electron chi connectivity index (χ1n) is 7.82. The first-order valence-corrected chi connectivity index (χ1v) is 7.82. The van der Waals surface area contributed by atoms with E-state index < -0.39 is 0 Å². The van der Waals surface area contributed by atoms with E-state index in [4.69, 9.17) is 9.47 Å². The zero-order chi connectivity index (χ0) is 16.3. The van der Waals surface area contributed by atoms with Crippen LogP contribution in [0.5, 0.6) is 5.75 Å². The number of aryl methyl sites for hydroxylation is 1. The molecule has 0 aliphatic heterocycles. The second-order valence-electron chi connectivity index (χ2n) is 6.45. The van der Waals surface area contributed by atoms with Gasteiger partial charge in [-0.3, -0.25) is 4.79 Å². The minimum absolute atomic E-state index is 0.109. The maximum atomic E-state index is 11.6. The number of methoxy groups -OCH3 is 2. The SMILES string of the molecule is C=C(C)[C@@H]1CCc2ccc(OC)cc2[C@@]1(C)CCC(=O)OC. The Kier molecular flexibility index (Phi) is 4.94. The van der Waals surface area contributed by atoms with Gasteiger partial charge in [0.05, 0.1) is 14.2 Å². The van der Waals surface area contributed by atoms with E-state index in [1.54, 1.807) is 7.11 Å². The van der Waals surface area contributed by atoms with Crippen LogP contribution in [-0.2, 0) is 21.4 Å². The van der Waals surface area contributed by atoms with Crippen LogP contribution in [0.1, 0.15) is 44.2 Å². The Morgan fingerprint density at radius 1 is 1.41 bits per heavy atom. The lowest BCUT2D eigenvalue weighted by Gasteiger charge is -2.44. The van der Waals surface area contributed by atoms with Crippen LogP contribution in [0.4, 0.5) is 0 Å². The van der Waals surface area contributed by atoms with Crippen molar-refractivity contribution in [3.05, 3.63) is 41.5 Å². The highest BCUT2D eigenvalue weighted by Crippen LogP contribution is 2.48. The summed E-state index contributed by atoms with van der Waals surface area (Å²) in [6, 6.07) is 6.29. The van der Waals surface area contributed by atoms with Crippen LogP contribution >= 0.6 is 0 Å². The van der Waals surface area contributed by atoms with Gasteiger partial charge in [0.25, 0.3) is 0 Å². The summed E-state index contributed by atoms with van der Waals surface area (Å²) >= 11 is 0. The minimum Gasteiger partial charge on any atom is -0.497 e. The average Bonchev–Trinajstić information content (AvgIpc) is 2.52. The van der Waals surface area contributed by atoms with E-state index in [1.165, 1.54) is 23.8 Å². The molecule has 120 valence electrons. The van der Waals surface area contributed by atoms with Crippen molar-refractivity contribution in [1.82, 2.24) is 0 Å². The van der Waals surface area contributed by atoms with Gasteiger partial charge in [-0.1, -0.05) is 25.1 Å². The molecule has 0 bridgehead atoms. The highest BCUT2D eigenvalue weighted by Gasteiger charge is 2.41. The topological polar surface area (TPSA) is 35.5 Å². The van der Waals surface area contributed by atoms with Gasteiger partial charge in [0.2, 0.25) is 0 Å². The lowest BCUT2D eigenvalue weighted by molar-refractivity contribution is -0.141. The third-order valence-electron chi connectivity index (χ3n) is 5.07. The van der Waals surface area contributed by atoms with Gasteiger partial charge >= 0.3 is 5.97 Å². The fourth-order valence-electron chi connectivity index (χ4n) is 3.80. The molecule has 0 saturated heterocycles. The Morgan fingerprint density at radius 2 is 2.14 bits per heavy atom. The van der Waals surface area contributed by atoms with E-state index in [9.17, 15) is 4.79 Å². The third kappa shape index (κ3) is 3.03. The van der Waals surface area contributed by atoms with E-state index in [0.29, 0.717) is 12.3 Å². The van der Waals surface area contributed by atoms with Crippen molar-refractivity contribution in [3.8, 4) is 5.75 Å². The lowest BCUT2D eigenvalue weighted by atomic mass is 9.60. The first-order chi connectivity index (χ1) is 10.4. The number of esters is 1. The molecule has 1 aliphatic carbocycles. The Labute approximate surface area is 133 Å². The predicted molar refractivity (Wildman–Crippen MR) is 88.2 cm³/mol. The Bertz CT molecular complexity index is 576. The number of carbonyl (C=O) groups excluding carboxylic acids is 1. The highest BCUT2D eigenvalue weighted by atomic mass is 16.5. The van der Waals surface area contributed by atoms with E-state index in [-0.39, 0.29) is 11.4 Å². The molecule has 1 aromatic carbocycles. The van der Waals surface area contributed by atoms with Crippen LogP contribution < -0.4 is 4.74 Å². The predicted octanol–water partition coefficient (Wildman–Crippen LogP) is 4.04. The number of carbonyl (C=O) groups is 1. The zero-order valence-electron chi connectivity index (χ0n) is 14.1. The van der Waals surface area contributed by atoms with Gasteiger partial charge in [0, 0.05) is 6.42 Å². The summed E-state index contributed by atoms with van der Waals surface area (Å²) in [5, 5.41) is 0. The summed E-state index contributed by atoms with van der Waals surface area (Å²) < 4.78 is 10.2. The van der Waals surface area contributed by atoms with Gasteiger partial charge in [-0.05, 0) is 60.8 Å². The standard InChI is InChI=1S/C19H26O3/c1-13(2)16-9-7-14-6-8-15(21-4)12-17(14)19(16,3)11-10-18(20)22-5/h6,8,12,16H,1,7,9-11H2,2-5H3/t16-,19-/m0/s1. The molecule has 0 radical (unpaired) electrons. The molecule has 2 atom stereocenters. The van der Waals surface area contributed by atoms with Crippen molar-refractivity contribution in [2.24, 2.45) is 5.92 Å². The van der Waals surface area contributed by atoms with Gasteiger partial charge in [-0.25, -0.2) is 0 Å². The zero-order valence-corrected chi connectivity index (χ0v) is 14.1. The van der Waals surface area contributed by atoms with Crippen molar-refractivity contribution in [3.63, 3.8) is 0 Å². The molecule has 3 heteroatoms. The van der Waals surface area contributed by atoms with Gasteiger partial charge in [0.1, 0.15) is 5.75 Å². The van der Waals surface area contributed by atoms with E-state index in [2.05, 4.69) is 32.6 Å². The Hall–Kier alpha value is -1.77. The van der Waals surface area contributed by atoms with Crippen molar-refractivity contribution in [2.45, 2.75) is 44.9 Å². The number of fused-ring (bicyclic) bond motifs is 1. The average molecular weight is 302 g/mol. The molecule has 0 heterocycles. The molecule has 0 unspecified atom stereocenters. The lowest BCUT2D eigenvalue weighted by Crippen LogP contribution is -2.38. The quantitative estimate of drug-likeness (QED) is 0.608. The van der Waals surface area contributed by atoms with Crippen LogP contribution in [0.25, 0.3) is 0 Å². The molecule has 1 aromatic rings. The number of allylic oxidation sites excluding steroid dienone is 1. The summed E-state index contributed by atoms with van der Waals surface area (Å²) in [5.74, 6) is 1.08. The van der Waals surface area contributed by atoms with Gasteiger partial charge in [0.15, 0.2) is 0 Å². The molecule has 0 spiro atoms. The number of benzene rings is 1. The molecule has 0 fully saturated rings. The maximum Gasteiger partial charge on any atom is 0.305 e. The van der Waals surface area contributed by atoms with Crippen molar-refractivity contribution in [2.75, 3.05) is 14.2 Å². The van der Waals surface area contributed by atoms with Crippen LogP contribution in [0, 0.1) is 5.92 Å². The molecular formula is C19H26O3. The van der Waals surface area contributed by atoms with Gasteiger partial charge < -0.3 is 9.47 Å². The summed E-state index contributed by atoms with van der Waals surface area (Å²) in [6.45, 7) is 8.52. The van der Waals surface area contributed by atoms with Crippen LogP contribution in [0.2, 0.25) is 0 Å². The molecule has 3 nitrogen and oxygen atoms in total. The molecule has 0 saturated carbocycles. The van der Waals surface area contributed by atoms with E-state index >= 15 is 0 Å². The fourth-order valence-corrected chi connectivity index (χ4v) is 3.80. The minimum atomic E-state index is -0.156. The molecule has 0 aromatic heterocycles. The van der Waals surface area contributed by atoms with Crippen molar-refractivity contribution in [1.29, 1.82) is 0 Å². The van der Waals surface area contributed by atoms with Crippen LogP contribution in [-0.4, -0.2) is 20.2 Å². The molecule has 1 aliphatic rings. The number of hydrogen-bond acceptors (Lipinski definition) is 3. The van der Waals surface area contributed by atoms with Crippen molar-refractivity contribution >= 4 is 5.97 Å². The summed E-state index contributed by atoms with van der Waals surface area (Å²) in [5.41, 5.74) is 3.71. The number of hydrogen-bond donors (Lipinski definition) is 0. The molecule has 2 rings (SSSR count). The van der Waals surface area contributed by atoms with E-state index in [0.717, 1.165) is 25.0 Å². The van der Waals surface area contributed by atoms with Crippen molar-refractivity contribution < 1.29 is 14.3 Å². The number of rotatable bonds is 5. The third-order valence-corrected chi connectivity index (χ3v) is 5.07. The second-order valence-corrected chi connectivity index (χ2v) is 6.45. The molecule has 0 N–H and O–H groups in total. The van der Waals surface area contributed by atoms with Gasteiger partial charge in [-0.2, -0.15) is 0 Å². The van der Waals surface area contributed by atoms with E-state index in [1.807, 2.05) is 6.07 Å². The summed E-state index contributed by atoms with van der Waals surface area (Å²) in [7, 11) is 3.13. The molecule has 0 amide bonds. The smallest absolute Gasteiger partial charge is 0.305 e. The monoisotopic (exact) mass is 302 g/mol. The Morgan fingerprint density at radius 3 is 2.73 bits per heavy atom. The normalized spacial score (nSPS) is 23.5. The molecular weight excluding hydrogens is 276 g/mol. The maximum absolute atomic E-state index is 11.6. The molecule has 22 heavy (non-hydrogen) atoms. The summed E-state index contributed by atoms with van der Waals surface area (Å²) in [4.78, 5) is 11.6.